The highest BCUT2D eigenvalue weighted by molar-refractivity contribution is 6.07. The standard InChI is InChI=1S/C23H18F5N5O3/c1-11-8-13(24)3-7-18(11)36-19-9-12(23(26,27)28)2-5-15(19)20(34)31-14-4-6-17(25)16(10-14)21(35)32-33-22(29)30/h2-10H,1H3,(H,31,34)(H,32,35)(H4,29,30,33). The van der Waals surface area contributed by atoms with E-state index in [0.717, 1.165) is 36.4 Å². The number of guanidine groups is 1. The van der Waals surface area contributed by atoms with Gasteiger partial charge < -0.3 is 21.5 Å². The van der Waals surface area contributed by atoms with Crippen molar-refractivity contribution in [3.63, 3.8) is 0 Å². The largest absolute Gasteiger partial charge is 0.456 e. The number of hydrazone groups is 1. The van der Waals surface area contributed by atoms with Gasteiger partial charge >= 0.3 is 6.18 Å². The molecule has 0 aliphatic heterocycles. The Labute approximate surface area is 200 Å². The Kier molecular flexibility index (Phi) is 7.42. The third kappa shape index (κ3) is 6.25. The van der Waals surface area contributed by atoms with Crippen LogP contribution < -0.4 is 26.9 Å². The molecule has 2 amide bonds. The fourth-order valence-corrected chi connectivity index (χ4v) is 2.97. The second kappa shape index (κ2) is 10.3. The lowest BCUT2D eigenvalue weighted by Crippen LogP contribution is -2.29. The fourth-order valence-electron chi connectivity index (χ4n) is 2.97. The highest BCUT2D eigenvalue weighted by Gasteiger charge is 2.32. The average molecular weight is 507 g/mol. The highest BCUT2D eigenvalue weighted by Crippen LogP contribution is 2.36. The molecule has 188 valence electrons. The zero-order chi connectivity index (χ0) is 26.6. The number of alkyl halides is 3. The second-order valence-corrected chi connectivity index (χ2v) is 7.35. The van der Waals surface area contributed by atoms with Gasteiger partial charge in [-0.15, -0.1) is 5.10 Å². The van der Waals surface area contributed by atoms with E-state index in [1.807, 2.05) is 5.43 Å². The number of halogens is 5. The molecule has 0 aliphatic carbocycles. The van der Waals surface area contributed by atoms with Gasteiger partial charge in [-0.2, -0.15) is 13.2 Å². The number of anilines is 1. The summed E-state index contributed by atoms with van der Waals surface area (Å²) in [6.45, 7) is 1.47. The summed E-state index contributed by atoms with van der Waals surface area (Å²) < 4.78 is 72.9. The van der Waals surface area contributed by atoms with E-state index in [9.17, 15) is 31.5 Å². The Morgan fingerprint density at radius 3 is 2.25 bits per heavy atom. The molecule has 0 saturated heterocycles. The lowest BCUT2D eigenvalue weighted by atomic mass is 10.1. The first-order valence-electron chi connectivity index (χ1n) is 10.0. The van der Waals surface area contributed by atoms with Crippen molar-refractivity contribution in [3.05, 3.63) is 88.5 Å². The van der Waals surface area contributed by atoms with Crippen LogP contribution in [0.4, 0.5) is 27.6 Å². The zero-order valence-corrected chi connectivity index (χ0v) is 18.4. The van der Waals surface area contributed by atoms with Crippen LogP contribution in [0.15, 0.2) is 59.7 Å². The van der Waals surface area contributed by atoms with Gasteiger partial charge in [-0.3, -0.25) is 9.59 Å². The minimum Gasteiger partial charge on any atom is -0.456 e. The van der Waals surface area contributed by atoms with Crippen LogP contribution in [0, 0.1) is 18.6 Å². The summed E-state index contributed by atoms with van der Waals surface area (Å²) in [6.07, 6.45) is -4.74. The number of hydrogen-bond acceptors (Lipinski definition) is 4. The maximum absolute atomic E-state index is 14.1. The molecular formula is C23H18F5N5O3. The molecule has 0 radical (unpaired) electrons. The van der Waals surface area contributed by atoms with Crippen molar-refractivity contribution in [2.45, 2.75) is 13.1 Å². The Hall–Kier alpha value is -4.68. The first kappa shape index (κ1) is 25.9. The quantitative estimate of drug-likeness (QED) is 0.171. The van der Waals surface area contributed by atoms with Crippen LogP contribution in [0.25, 0.3) is 0 Å². The predicted octanol–water partition coefficient (Wildman–Crippen LogP) is 4.25. The molecule has 8 nitrogen and oxygen atoms in total. The summed E-state index contributed by atoms with van der Waals surface area (Å²) in [6, 6.07) is 8.52. The van der Waals surface area contributed by atoms with Crippen molar-refractivity contribution in [1.29, 1.82) is 0 Å². The first-order chi connectivity index (χ1) is 16.8. The van der Waals surface area contributed by atoms with Crippen molar-refractivity contribution in [2.24, 2.45) is 16.6 Å². The molecule has 13 heteroatoms. The zero-order valence-electron chi connectivity index (χ0n) is 18.4. The molecule has 3 aromatic rings. The Balaban J connectivity index is 1.95. The van der Waals surface area contributed by atoms with E-state index in [2.05, 4.69) is 10.4 Å². The molecule has 0 atom stereocenters. The van der Waals surface area contributed by atoms with E-state index in [0.29, 0.717) is 12.1 Å². The van der Waals surface area contributed by atoms with Crippen LogP contribution >= 0.6 is 0 Å². The van der Waals surface area contributed by atoms with Gasteiger partial charge in [-0.1, -0.05) is 0 Å². The Morgan fingerprint density at radius 1 is 0.889 bits per heavy atom. The molecule has 0 aromatic heterocycles. The smallest absolute Gasteiger partial charge is 0.416 e. The predicted molar refractivity (Wildman–Crippen MR) is 120 cm³/mol. The number of carbonyl (C=O) groups excluding carboxylic acids is 2. The number of benzene rings is 3. The van der Waals surface area contributed by atoms with Crippen molar-refractivity contribution in [3.8, 4) is 11.5 Å². The topological polar surface area (TPSA) is 132 Å². The second-order valence-electron chi connectivity index (χ2n) is 7.35. The van der Waals surface area contributed by atoms with Crippen LogP contribution in [0.3, 0.4) is 0 Å². The van der Waals surface area contributed by atoms with Gasteiger partial charge in [0.25, 0.3) is 11.8 Å². The van der Waals surface area contributed by atoms with E-state index in [1.54, 1.807) is 0 Å². The fraction of sp³-hybridized carbons (Fsp3) is 0.0870. The number of amides is 2. The number of nitrogens with zero attached hydrogens (tertiary/aromatic N) is 1. The van der Waals surface area contributed by atoms with Crippen LogP contribution in [0.1, 0.15) is 31.8 Å². The monoisotopic (exact) mass is 507 g/mol. The minimum absolute atomic E-state index is 0.0187. The van der Waals surface area contributed by atoms with Gasteiger partial charge in [0.2, 0.25) is 5.96 Å². The molecule has 0 saturated carbocycles. The molecule has 3 aromatic carbocycles. The van der Waals surface area contributed by atoms with Gasteiger partial charge in [0.05, 0.1) is 16.7 Å². The number of carbonyl (C=O) groups is 2. The Bertz CT molecular complexity index is 1350. The summed E-state index contributed by atoms with van der Waals surface area (Å²) in [7, 11) is 0. The molecule has 0 heterocycles. The van der Waals surface area contributed by atoms with Gasteiger partial charge in [-0.05, 0) is 67.1 Å². The molecular weight excluding hydrogens is 489 g/mol. The number of hydrogen-bond donors (Lipinski definition) is 4. The first-order valence-corrected chi connectivity index (χ1v) is 10.0. The van der Waals surface area contributed by atoms with Gasteiger partial charge in [0, 0.05) is 5.69 Å². The summed E-state index contributed by atoms with van der Waals surface area (Å²) in [5.74, 6) is -4.43. The normalized spacial score (nSPS) is 10.9. The molecule has 3 rings (SSSR count). The Morgan fingerprint density at radius 2 is 1.61 bits per heavy atom. The van der Waals surface area contributed by atoms with Crippen molar-refractivity contribution >= 4 is 23.5 Å². The number of ether oxygens (including phenoxy) is 1. The van der Waals surface area contributed by atoms with E-state index in [1.165, 1.54) is 13.0 Å². The lowest BCUT2D eigenvalue weighted by molar-refractivity contribution is -0.137. The maximum atomic E-state index is 14.1. The van der Waals surface area contributed by atoms with Crippen LogP contribution in [0.5, 0.6) is 11.5 Å². The van der Waals surface area contributed by atoms with Crippen LogP contribution in [-0.4, -0.2) is 17.8 Å². The summed E-state index contributed by atoms with van der Waals surface area (Å²) in [4.78, 5) is 25.0. The van der Waals surface area contributed by atoms with E-state index < -0.39 is 52.5 Å². The molecule has 36 heavy (non-hydrogen) atoms. The van der Waals surface area contributed by atoms with Gasteiger partial charge in [0.15, 0.2) is 0 Å². The third-order valence-corrected chi connectivity index (χ3v) is 4.67. The van der Waals surface area contributed by atoms with Crippen LogP contribution in [0.2, 0.25) is 0 Å². The van der Waals surface area contributed by atoms with Crippen molar-refractivity contribution in [1.82, 2.24) is 5.43 Å². The van der Waals surface area contributed by atoms with E-state index >= 15 is 0 Å². The number of aryl methyl sites for hydroxylation is 1. The van der Waals surface area contributed by atoms with Crippen molar-refractivity contribution < 1.29 is 36.3 Å². The third-order valence-electron chi connectivity index (χ3n) is 4.67. The number of rotatable bonds is 6. The minimum atomic E-state index is -4.74. The summed E-state index contributed by atoms with van der Waals surface area (Å²) >= 11 is 0. The molecule has 0 aliphatic rings. The van der Waals surface area contributed by atoms with Gasteiger partial charge in [0.1, 0.15) is 23.1 Å². The molecule has 0 spiro atoms. The van der Waals surface area contributed by atoms with E-state index in [-0.39, 0.29) is 22.6 Å². The number of nitrogens with one attached hydrogen (secondary N) is 2. The maximum Gasteiger partial charge on any atom is 0.416 e. The van der Waals surface area contributed by atoms with Crippen molar-refractivity contribution in [2.75, 3.05) is 5.32 Å². The molecule has 6 N–H and O–H groups in total. The average Bonchev–Trinajstić information content (AvgIpc) is 2.79. The lowest BCUT2D eigenvalue weighted by Gasteiger charge is -2.16. The molecule has 0 fully saturated rings. The summed E-state index contributed by atoms with van der Waals surface area (Å²) in [5, 5.41) is 5.62. The van der Waals surface area contributed by atoms with Gasteiger partial charge in [-0.25, -0.2) is 14.2 Å². The molecule has 0 bridgehead atoms. The summed E-state index contributed by atoms with van der Waals surface area (Å²) in [5.41, 5.74) is 10.4. The van der Waals surface area contributed by atoms with E-state index in [4.69, 9.17) is 16.2 Å². The highest BCUT2D eigenvalue weighted by atomic mass is 19.4. The number of nitrogens with two attached hydrogens (primary N) is 2. The van der Waals surface area contributed by atoms with Crippen LogP contribution in [-0.2, 0) is 6.18 Å². The molecule has 0 unspecified atom stereocenters. The SMILES string of the molecule is Cc1cc(F)ccc1Oc1cc(C(F)(F)F)ccc1C(=O)Nc1ccc(F)c(C(=O)NN=C(N)N)c1.